The number of hydrogen-bond acceptors (Lipinski definition) is 4. The number of hydrogen-bond donors (Lipinski definition) is 1. The second-order valence-electron chi connectivity index (χ2n) is 9.89. The lowest BCUT2D eigenvalue weighted by Crippen LogP contribution is -2.56. The summed E-state index contributed by atoms with van der Waals surface area (Å²) in [7, 11) is -3.35. The van der Waals surface area contributed by atoms with Gasteiger partial charge in [-0.1, -0.05) is 18.2 Å². The standard InChI is InChI=1S/C26H31F6N3O3S/c1-17-5-6-19(11-18(17)2)12-23-16-34(8-4-7-33-39(3,37)38)9-10-35(23)24(36)20-13-21(25(27,28)29)15-22(14-20)26(30,31)32/h5-6,11,13-15,23,33H,4,7-10,12,16H2,1-3H3. The van der Waals surface area contributed by atoms with Crippen LogP contribution in [-0.4, -0.2) is 69.1 Å². The molecule has 0 saturated carbocycles. The fourth-order valence-corrected chi connectivity index (χ4v) is 5.09. The van der Waals surface area contributed by atoms with Crippen molar-refractivity contribution in [2.24, 2.45) is 0 Å². The number of carbonyl (C=O) groups is 1. The molecule has 0 aromatic heterocycles. The van der Waals surface area contributed by atoms with E-state index in [9.17, 15) is 39.6 Å². The number of rotatable bonds is 8. The van der Waals surface area contributed by atoms with Crippen molar-refractivity contribution < 1.29 is 39.6 Å². The molecule has 0 aliphatic carbocycles. The van der Waals surface area contributed by atoms with Gasteiger partial charge in [-0.15, -0.1) is 0 Å². The summed E-state index contributed by atoms with van der Waals surface area (Å²) in [6, 6.07) is 6.15. The average Bonchev–Trinajstić information content (AvgIpc) is 2.82. The molecular formula is C26H31F6N3O3S. The van der Waals surface area contributed by atoms with Gasteiger partial charge in [0.1, 0.15) is 0 Å². The van der Waals surface area contributed by atoms with Crippen LogP contribution in [0.25, 0.3) is 0 Å². The van der Waals surface area contributed by atoms with Gasteiger partial charge in [0.25, 0.3) is 5.91 Å². The van der Waals surface area contributed by atoms with Crippen molar-refractivity contribution in [3.05, 3.63) is 69.8 Å². The van der Waals surface area contributed by atoms with E-state index in [1.165, 1.54) is 4.90 Å². The zero-order chi connectivity index (χ0) is 29.2. The molecule has 3 rings (SSSR count). The zero-order valence-electron chi connectivity index (χ0n) is 21.8. The first-order chi connectivity index (χ1) is 17.9. The summed E-state index contributed by atoms with van der Waals surface area (Å²) in [6.45, 7) is 5.31. The van der Waals surface area contributed by atoms with Crippen LogP contribution in [0.5, 0.6) is 0 Å². The molecule has 1 heterocycles. The molecule has 1 unspecified atom stereocenters. The third kappa shape index (κ3) is 8.67. The molecule has 0 spiro atoms. The van der Waals surface area contributed by atoms with Crippen molar-refractivity contribution in [1.29, 1.82) is 0 Å². The minimum atomic E-state index is -5.06. The highest BCUT2D eigenvalue weighted by Gasteiger charge is 2.39. The molecule has 1 atom stereocenters. The average molecular weight is 580 g/mol. The van der Waals surface area contributed by atoms with E-state index in [1.54, 1.807) is 0 Å². The Balaban J connectivity index is 1.89. The number of nitrogens with zero attached hydrogens (tertiary/aromatic N) is 2. The highest BCUT2D eigenvalue weighted by atomic mass is 32.2. The van der Waals surface area contributed by atoms with Gasteiger partial charge in [0.15, 0.2) is 0 Å². The second-order valence-corrected chi connectivity index (χ2v) is 11.7. The molecular weight excluding hydrogens is 548 g/mol. The predicted molar refractivity (Wildman–Crippen MR) is 135 cm³/mol. The summed E-state index contributed by atoms with van der Waals surface area (Å²) >= 11 is 0. The van der Waals surface area contributed by atoms with E-state index in [0.717, 1.165) is 22.9 Å². The van der Waals surface area contributed by atoms with E-state index < -0.39 is 51.0 Å². The number of nitrogens with one attached hydrogen (secondary N) is 1. The van der Waals surface area contributed by atoms with E-state index >= 15 is 0 Å². The Labute approximate surface area is 224 Å². The number of alkyl halides is 6. The summed E-state index contributed by atoms with van der Waals surface area (Å²) in [4.78, 5) is 16.8. The molecule has 0 radical (unpaired) electrons. The third-order valence-electron chi connectivity index (χ3n) is 6.72. The van der Waals surface area contributed by atoms with E-state index in [0.29, 0.717) is 44.6 Å². The van der Waals surface area contributed by atoms with Gasteiger partial charge in [-0.3, -0.25) is 9.69 Å². The van der Waals surface area contributed by atoms with Gasteiger partial charge in [0.05, 0.1) is 17.4 Å². The number of aryl methyl sites for hydroxylation is 2. The van der Waals surface area contributed by atoms with E-state index in [1.807, 2.05) is 36.9 Å². The largest absolute Gasteiger partial charge is 0.416 e. The van der Waals surface area contributed by atoms with Crippen LogP contribution in [0.15, 0.2) is 36.4 Å². The highest BCUT2D eigenvalue weighted by Crippen LogP contribution is 2.37. The molecule has 0 bridgehead atoms. The Hall–Kier alpha value is -2.64. The smallest absolute Gasteiger partial charge is 0.333 e. The number of carbonyl (C=O) groups excluding carboxylic acids is 1. The Morgan fingerprint density at radius 2 is 1.56 bits per heavy atom. The van der Waals surface area contributed by atoms with Crippen molar-refractivity contribution in [3.63, 3.8) is 0 Å². The van der Waals surface area contributed by atoms with E-state index in [2.05, 4.69) is 4.72 Å². The maximum atomic E-state index is 13.5. The molecule has 39 heavy (non-hydrogen) atoms. The molecule has 2 aromatic carbocycles. The summed E-state index contributed by atoms with van der Waals surface area (Å²) in [5, 5.41) is 0. The first-order valence-electron chi connectivity index (χ1n) is 12.3. The van der Waals surface area contributed by atoms with Crippen LogP contribution in [-0.2, 0) is 28.8 Å². The lowest BCUT2D eigenvalue weighted by atomic mass is 9.97. The highest BCUT2D eigenvalue weighted by molar-refractivity contribution is 7.88. The molecule has 1 amide bonds. The Morgan fingerprint density at radius 3 is 2.10 bits per heavy atom. The van der Waals surface area contributed by atoms with Gasteiger partial charge in [-0.2, -0.15) is 26.3 Å². The molecule has 13 heteroatoms. The van der Waals surface area contributed by atoms with Crippen LogP contribution in [0.1, 0.15) is 44.6 Å². The summed E-state index contributed by atoms with van der Waals surface area (Å²) < 4.78 is 105. The van der Waals surface area contributed by atoms with Crippen LogP contribution < -0.4 is 4.72 Å². The van der Waals surface area contributed by atoms with Crippen molar-refractivity contribution in [3.8, 4) is 0 Å². The first-order valence-corrected chi connectivity index (χ1v) is 14.2. The van der Waals surface area contributed by atoms with Crippen LogP contribution in [0.4, 0.5) is 26.3 Å². The Morgan fingerprint density at radius 1 is 0.949 bits per heavy atom. The van der Waals surface area contributed by atoms with Crippen LogP contribution in [0, 0.1) is 13.8 Å². The van der Waals surface area contributed by atoms with Gasteiger partial charge in [0.2, 0.25) is 10.0 Å². The first kappa shape index (κ1) is 30.9. The topological polar surface area (TPSA) is 69.7 Å². The van der Waals surface area contributed by atoms with Crippen LogP contribution in [0.2, 0.25) is 0 Å². The summed E-state index contributed by atoms with van der Waals surface area (Å²) in [5.41, 5.74) is -0.807. The number of piperazine rings is 1. The van der Waals surface area contributed by atoms with Crippen LogP contribution in [0.3, 0.4) is 0 Å². The molecule has 1 fully saturated rings. The lowest BCUT2D eigenvalue weighted by molar-refractivity contribution is -0.143. The summed E-state index contributed by atoms with van der Waals surface area (Å²) in [6.07, 6.45) is -8.24. The van der Waals surface area contributed by atoms with Gasteiger partial charge >= 0.3 is 12.4 Å². The Bertz CT molecular complexity index is 1260. The minimum Gasteiger partial charge on any atom is -0.333 e. The minimum absolute atomic E-state index is 0.00577. The molecule has 1 saturated heterocycles. The van der Waals surface area contributed by atoms with E-state index in [-0.39, 0.29) is 19.2 Å². The lowest BCUT2D eigenvalue weighted by Gasteiger charge is -2.42. The maximum absolute atomic E-state index is 13.5. The van der Waals surface area contributed by atoms with E-state index in [4.69, 9.17) is 0 Å². The van der Waals surface area contributed by atoms with Gasteiger partial charge < -0.3 is 4.90 Å². The van der Waals surface area contributed by atoms with Gasteiger partial charge in [0, 0.05) is 37.8 Å². The Kier molecular flexibility index (Phi) is 9.39. The van der Waals surface area contributed by atoms with Crippen molar-refractivity contribution in [2.75, 3.05) is 39.0 Å². The molecule has 2 aromatic rings. The number of sulfonamides is 1. The molecule has 216 valence electrons. The fourth-order valence-electron chi connectivity index (χ4n) is 4.57. The maximum Gasteiger partial charge on any atom is 0.416 e. The molecule has 1 aliphatic heterocycles. The zero-order valence-corrected chi connectivity index (χ0v) is 22.6. The number of halogens is 6. The third-order valence-corrected chi connectivity index (χ3v) is 7.45. The fraction of sp³-hybridized carbons (Fsp3) is 0.500. The summed E-state index contributed by atoms with van der Waals surface area (Å²) in [5.74, 6) is -0.904. The predicted octanol–water partition coefficient (Wildman–Crippen LogP) is 4.65. The van der Waals surface area contributed by atoms with Gasteiger partial charge in [-0.05, 0) is 68.1 Å². The molecule has 1 N–H and O–H groups in total. The monoisotopic (exact) mass is 579 g/mol. The second kappa shape index (κ2) is 11.8. The van der Waals surface area contributed by atoms with Gasteiger partial charge in [-0.25, -0.2) is 13.1 Å². The number of benzene rings is 2. The van der Waals surface area contributed by atoms with Crippen molar-refractivity contribution in [2.45, 2.75) is 45.1 Å². The SMILES string of the molecule is Cc1ccc(CC2CN(CCCNS(C)(=O)=O)CCN2C(=O)c2cc(C(F)(F)F)cc(C(F)(F)F)c2)cc1C. The van der Waals surface area contributed by atoms with Crippen molar-refractivity contribution in [1.82, 2.24) is 14.5 Å². The normalized spacial score (nSPS) is 17.5. The van der Waals surface area contributed by atoms with Crippen molar-refractivity contribution >= 4 is 15.9 Å². The van der Waals surface area contributed by atoms with Crippen LogP contribution >= 0.6 is 0 Å². The number of amides is 1. The molecule has 1 aliphatic rings. The molecule has 6 nitrogen and oxygen atoms in total. The quantitative estimate of drug-likeness (QED) is 0.365.